The Bertz CT molecular complexity index is 492. The molecule has 3 aliphatic rings. The highest BCUT2D eigenvalue weighted by molar-refractivity contribution is 5.91. The van der Waals surface area contributed by atoms with Gasteiger partial charge in [-0.05, 0) is 31.8 Å². The van der Waals surface area contributed by atoms with E-state index in [2.05, 4.69) is 6.58 Å². The van der Waals surface area contributed by atoms with Crippen LogP contribution in [0.5, 0.6) is 0 Å². The number of aliphatic hydroxyl groups is 2. The molecule has 2 N–H and O–H groups in total. The van der Waals surface area contributed by atoms with Crippen LogP contribution in [-0.2, 0) is 9.53 Å². The van der Waals surface area contributed by atoms with Crippen LogP contribution >= 0.6 is 0 Å². The highest BCUT2D eigenvalue weighted by atomic mass is 16.6. The topological polar surface area (TPSA) is 66.8 Å². The maximum Gasteiger partial charge on any atom is 0.334 e. The second kappa shape index (κ2) is 3.93. The van der Waals surface area contributed by atoms with Crippen molar-refractivity contribution in [3.63, 3.8) is 0 Å². The molecule has 0 amide bonds. The van der Waals surface area contributed by atoms with E-state index >= 15 is 0 Å². The number of rotatable bonds is 0. The predicted octanol–water partition coefficient (Wildman–Crippen LogP) is 1.33. The van der Waals surface area contributed by atoms with Crippen molar-refractivity contribution in [2.75, 3.05) is 0 Å². The third-order valence-corrected chi connectivity index (χ3v) is 5.19. The first kappa shape index (κ1) is 12.9. The van der Waals surface area contributed by atoms with Gasteiger partial charge in [0.15, 0.2) is 0 Å². The fraction of sp³-hybridized carbons (Fsp3) is 0.667. The van der Waals surface area contributed by atoms with Gasteiger partial charge in [-0.2, -0.15) is 0 Å². The zero-order valence-electron chi connectivity index (χ0n) is 11.3. The van der Waals surface area contributed by atoms with E-state index < -0.39 is 23.6 Å². The zero-order chi connectivity index (χ0) is 13.9. The molecule has 4 heteroatoms. The molecule has 0 radical (unpaired) electrons. The van der Waals surface area contributed by atoms with Crippen LogP contribution < -0.4 is 0 Å². The number of aliphatic hydroxyl groups excluding tert-OH is 2. The van der Waals surface area contributed by atoms with Crippen LogP contribution in [0.2, 0.25) is 0 Å². The highest BCUT2D eigenvalue weighted by Gasteiger charge is 2.57. The van der Waals surface area contributed by atoms with Gasteiger partial charge in [-0.25, -0.2) is 4.79 Å². The number of ether oxygens (including phenoxy) is 1. The Morgan fingerprint density at radius 3 is 2.79 bits per heavy atom. The van der Waals surface area contributed by atoms with Crippen molar-refractivity contribution < 1.29 is 19.7 Å². The Kier molecular flexibility index (Phi) is 2.67. The second-order valence-electron chi connectivity index (χ2n) is 6.31. The number of allylic oxidation sites excluding steroid dienone is 1. The lowest BCUT2D eigenvalue weighted by Gasteiger charge is -2.50. The molecule has 0 bridgehead atoms. The van der Waals surface area contributed by atoms with Crippen LogP contribution in [0.25, 0.3) is 0 Å². The van der Waals surface area contributed by atoms with Crippen LogP contribution in [0.1, 0.15) is 33.1 Å². The molecule has 5 atom stereocenters. The largest absolute Gasteiger partial charge is 0.458 e. The summed E-state index contributed by atoms with van der Waals surface area (Å²) < 4.78 is 5.31. The molecule has 0 aromatic heterocycles. The monoisotopic (exact) mass is 264 g/mol. The van der Waals surface area contributed by atoms with Gasteiger partial charge in [-0.15, -0.1) is 0 Å². The number of esters is 1. The van der Waals surface area contributed by atoms with E-state index in [1.807, 2.05) is 13.8 Å². The van der Waals surface area contributed by atoms with E-state index in [0.717, 1.165) is 17.6 Å². The molecule has 1 aliphatic heterocycles. The molecule has 0 aromatic rings. The molecule has 0 unspecified atom stereocenters. The standard InChI is InChI=1S/C15H20O4/c1-7-4-5-10(16)15(3)6-9-11(13(17)12(7)15)8(2)14(18)19-9/h9-11,13,16-17H,2,4-6H2,1,3H3/t9-,10-,11-,13-,15+/m1/s1. The smallest absolute Gasteiger partial charge is 0.334 e. The second-order valence-corrected chi connectivity index (χ2v) is 6.31. The zero-order valence-corrected chi connectivity index (χ0v) is 11.3. The lowest BCUT2D eigenvalue weighted by molar-refractivity contribution is -0.143. The molecule has 1 saturated heterocycles. The van der Waals surface area contributed by atoms with Crippen molar-refractivity contribution in [2.24, 2.45) is 11.3 Å². The van der Waals surface area contributed by atoms with E-state index in [9.17, 15) is 15.0 Å². The summed E-state index contributed by atoms with van der Waals surface area (Å²) in [4.78, 5) is 11.6. The summed E-state index contributed by atoms with van der Waals surface area (Å²) in [6.07, 6.45) is 0.441. The SMILES string of the molecule is C=C1C(=O)O[C@@H]2C[C@]3(C)C(=C(C)CC[C@H]3O)[C@H](O)[C@H]12. The van der Waals surface area contributed by atoms with E-state index in [4.69, 9.17) is 4.74 Å². The Balaban J connectivity index is 2.09. The molecule has 4 nitrogen and oxygen atoms in total. The Hall–Kier alpha value is -1.13. The minimum absolute atomic E-state index is 0.351. The Morgan fingerprint density at radius 1 is 1.42 bits per heavy atom. The van der Waals surface area contributed by atoms with Gasteiger partial charge in [0, 0.05) is 11.0 Å². The van der Waals surface area contributed by atoms with Crippen LogP contribution in [0.15, 0.2) is 23.3 Å². The summed E-state index contributed by atoms with van der Waals surface area (Å²) in [6.45, 7) is 7.72. The van der Waals surface area contributed by atoms with Gasteiger partial charge in [-0.1, -0.05) is 19.1 Å². The molecule has 2 aliphatic carbocycles. The predicted molar refractivity (Wildman–Crippen MR) is 69.2 cm³/mol. The molecular weight excluding hydrogens is 244 g/mol. The summed E-state index contributed by atoms with van der Waals surface area (Å²) in [5, 5.41) is 21.0. The van der Waals surface area contributed by atoms with Crippen LogP contribution in [0, 0.1) is 11.3 Å². The molecular formula is C15H20O4. The average Bonchev–Trinajstić information content (AvgIpc) is 2.60. The van der Waals surface area contributed by atoms with E-state index in [-0.39, 0.29) is 12.0 Å². The van der Waals surface area contributed by atoms with E-state index in [0.29, 0.717) is 18.4 Å². The van der Waals surface area contributed by atoms with Gasteiger partial charge >= 0.3 is 5.97 Å². The minimum Gasteiger partial charge on any atom is -0.458 e. The van der Waals surface area contributed by atoms with Gasteiger partial charge in [0.2, 0.25) is 0 Å². The first-order chi connectivity index (χ1) is 8.86. The van der Waals surface area contributed by atoms with E-state index in [1.165, 1.54) is 0 Å². The third kappa shape index (κ3) is 1.56. The molecule has 0 aromatic carbocycles. The van der Waals surface area contributed by atoms with E-state index in [1.54, 1.807) is 0 Å². The summed E-state index contributed by atoms with van der Waals surface area (Å²) in [5.41, 5.74) is 1.89. The Morgan fingerprint density at radius 2 is 2.11 bits per heavy atom. The minimum atomic E-state index is -0.766. The fourth-order valence-corrected chi connectivity index (χ4v) is 4.12. The maximum atomic E-state index is 11.6. The maximum absolute atomic E-state index is 11.6. The lowest BCUT2D eigenvalue weighted by atomic mass is 9.58. The third-order valence-electron chi connectivity index (χ3n) is 5.19. The average molecular weight is 264 g/mol. The van der Waals surface area contributed by atoms with Crippen molar-refractivity contribution in [3.05, 3.63) is 23.3 Å². The Labute approximate surface area is 112 Å². The molecule has 0 spiro atoms. The van der Waals surface area contributed by atoms with Gasteiger partial charge in [-0.3, -0.25) is 0 Å². The van der Waals surface area contributed by atoms with Crippen molar-refractivity contribution >= 4 is 5.97 Å². The summed E-state index contributed by atoms with van der Waals surface area (Å²) in [5.74, 6) is -0.764. The molecule has 3 rings (SSSR count). The highest BCUT2D eigenvalue weighted by Crippen LogP contribution is 2.54. The summed E-state index contributed by atoms with van der Waals surface area (Å²) in [6, 6.07) is 0. The van der Waals surface area contributed by atoms with Crippen molar-refractivity contribution in [3.8, 4) is 0 Å². The number of carbonyl (C=O) groups excluding carboxylic acids is 1. The van der Waals surface area contributed by atoms with Gasteiger partial charge in [0.05, 0.1) is 18.1 Å². The molecule has 1 heterocycles. The summed E-state index contributed by atoms with van der Waals surface area (Å²) >= 11 is 0. The first-order valence-corrected chi connectivity index (χ1v) is 6.82. The van der Waals surface area contributed by atoms with Gasteiger partial charge in [0.1, 0.15) is 6.10 Å². The number of fused-ring (bicyclic) bond motifs is 2. The summed E-state index contributed by atoms with van der Waals surface area (Å²) in [7, 11) is 0. The molecule has 104 valence electrons. The molecule has 1 saturated carbocycles. The van der Waals surface area contributed by atoms with Gasteiger partial charge < -0.3 is 14.9 Å². The van der Waals surface area contributed by atoms with Crippen LogP contribution in [-0.4, -0.2) is 34.5 Å². The van der Waals surface area contributed by atoms with Crippen LogP contribution in [0.3, 0.4) is 0 Å². The molecule has 19 heavy (non-hydrogen) atoms. The number of hydrogen-bond donors (Lipinski definition) is 2. The van der Waals surface area contributed by atoms with Gasteiger partial charge in [0.25, 0.3) is 0 Å². The van der Waals surface area contributed by atoms with Crippen molar-refractivity contribution in [2.45, 2.75) is 51.4 Å². The number of carbonyl (C=O) groups is 1. The normalized spacial score (nSPS) is 45.9. The molecule has 2 fully saturated rings. The quantitative estimate of drug-likeness (QED) is 0.393. The first-order valence-electron chi connectivity index (χ1n) is 6.82. The van der Waals surface area contributed by atoms with Crippen molar-refractivity contribution in [1.82, 2.24) is 0 Å². The van der Waals surface area contributed by atoms with Crippen molar-refractivity contribution in [1.29, 1.82) is 0 Å². The van der Waals surface area contributed by atoms with Crippen LogP contribution in [0.4, 0.5) is 0 Å². The fourth-order valence-electron chi connectivity index (χ4n) is 4.12. The lowest BCUT2D eigenvalue weighted by Crippen LogP contribution is -2.52. The number of hydrogen-bond acceptors (Lipinski definition) is 4.